The van der Waals surface area contributed by atoms with Gasteiger partial charge in [0, 0.05) is 28.2 Å². The highest BCUT2D eigenvalue weighted by Crippen LogP contribution is 2.56. The van der Waals surface area contributed by atoms with Crippen molar-refractivity contribution in [3.05, 3.63) is 94.6 Å². The molecule has 7 nitrogen and oxygen atoms in total. The lowest BCUT2D eigenvalue weighted by Crippen LogP contribution is -2.39. The second kappa shape index (κ2) is 9.05. The summed E-state index contributed by atoms with van der Waals surface area (Å²) in [6.45, 7) is 5.36. The first-order valence-corrected chi connectivity index (χ1v) is 12.9. The summed E-state index contributed by atoms with van der Waals surface area (Å²) >= 11 is 0. The first-order valence-electron chi connectivity index (χ1n) is 12.9. The van der Waals surface area contributed by atoms with Crippen LogP contribution in [0, 0.1) is 17.8 Å². The van der Waals surface area contributed by atoms with Gasteiger partial charge < -0.3 is 9.84 Å². The summed E-state index contributed by atoms with van der Waals surface area (Å²) in [5.74, 6) is -3.13. The number of rotatable bonds is 4. The van der Waals surface area contributed by atoms with Gasteiger partial charge in [0.1, 0.15) is 11.5 Å². The molecule has 0 saturated carbocycles. The number of hydrogen-bond acceptors (Lipinski definition) is 6. The lowest BCUT2D eigenvalue weighted by atomic mass is 9.59. The predicted molar refractivity (Wildman–Crippen MR) is 145 cm³/mol. The highest BCUT2D eigenvalue weighted by Gasteiger charge is 2.56. The molecule has 4 unspecified atom stereocenters. The number of hydrogen-bond donors (Lipinski definition) is 1. The molecule has 1 aliphatic heterocycles. The average molecular weight is 522 g/mol. The second-order valence-corrected chi connectivity index (χ2v) is 10.5. The number of carbonyl (C=O) groups is 4. The molecular formula is C32H27NO6. The van der Waals surface area contributed by atoms with Crippen molar-refractivity contribution in [2.45, 2.75) is 25.7 Å². The van der Waals surface area contributed by atoms with Crippen LogP contribution < -0.4 is 9.64 Å². The van der Waals surface area contributed by atoms with Crippen LogP contribution in [-0.4, -0.2) is 35.6 Å². The van der Waals surface area contributed by atoms with Gasteiger partial charge in [0.25, 0.3) is 0 Å². The highest BCUT2D eigenvalue weighted by molar-refractivity contribution is 6.25. The van der Waals surface area contributed by atoms with Gasteiger partial charge in [-0.15, -0.1) is 0 Å². The maximum atomic E-state index is 13.9. The number of ether oxygens (including phenoxy) is 1. The fraction of sp³-hybridized carbons (Fsp3) is 0.250. The SMILES string of the molecule is C=Cc1ccc(N2C(=O)C3CC=C4C(c5cc(OC)ccc5O)C5=C(CC4C3C2=O)C(=O)C(C)=CC5=O)cc1. The topological polar surface area (TPSA) is 101 Å². The molecule has 1 saturated heterocycles. The minimum Gasteiger partial charge on any atom is -0.508 e. The number of amides is 2. The fourth-order valence-electron chi connectivity index (χ4n) is 6.64. The van der Waals surface area contributed by atoms with Crippen molar-refractivity contribution in [2.75, 3.05) is 12.0 Å². The molecule has 2 aromatic rings. The van der Waals surface area contributed by atoms with Gasteiger partial charge >= 0.3 is 0 Å². The molecule has 0 radical (unpaired) electrons. The highest BCUT2D eigenvalue weighted by atomic mass is 16.5. The van der Waals surface area contributed by atoms with Crippen LogP contribution in [0.4, 0.5) is 5.69 Å². The Kier molecular flexibility index (Phi) is 5.75. The number of imide groups is 1. The van der Waals surface area contributed by atoms with Crippen molar-refractivity contribution in [1.82, 2.24) is 0 Å². The third kappa shape index (κ3) is 3.64. The number of aromatic hydroxyl groups is 1. The molecule has 1 heterocycles. The smallest absolute Gasteiger partial charge is 0.238 e. The normalized spacial score (nSPS) is 26.1. The number of ketones is 2. The van der Waals surface area contributed by atoms with E-state index in [2.05, 4.69) is 6.58 Å². The molecular weight excluding hydrogens is 494 g/mol. The lowest BCUT2D eigenvalue weighted by molar-refractivity contribution is -0.123. The first kappa shape index (κ1) is 24.8. The number of phenolic OH excluding ortho intramolecular Hbond substituents is 1. The van der Waals surface area contributed by atoms with Gasteiger partial charge in [0.2, 0.25) is 11.8 Å². The van der Waals surface area contributed by atoms with E-state index >= 15 is 0 Å². The van der Waals surface area contributed by atoms with Gasteiger partial charge in [-0.25, -0.2) is 0 Å². The molecule has 6 rings (SSSR count). The van der Waals surface area contributed by atoms with Crippen LogP contribution in [0.5, 0.6) is 11.5 Å². The molecule has 196 valence electrons. The van der Waals surface area contributed by atoms with Gasteiger partial charge in [-0.1, -0.05) is 36.4 Å². The fourth-order valence-corrected chi connectivity index (χ4v) is 6.64. The third-order valence-electron chi connectivity index (χ3n) is 8.49. The van der Waals surface area contributed by atoms with Crippen LogP contribution in [0.25, 0.3) is 6.08 Å². The van der Waals surface area contributed by atoms with Crippen molar-refractivity contribution in [1.29, 1.82) is 0 Å². The Bertz CT molecular complexity index is 1570. The zero-order valence-electron chi connectivity index (χ0n) is 21.6. The number of Topliss-reactive ketones (excluding diaryl/α,β-unsaturated/α-hetero) is 1. The Hall–Kier alpha value is -4.52. The Morgan fingerprint density at radius 1 is 1.03 bits per heavy atom. The number of benzene rings is 2. The molecule has 7 heteroatoms. The summed E-state index contributed by atoms with van der Waals surface area (Å²) in [5.41, 5.74) is 3.58. The first-order chi connectivity index (χ1) is 18.7. The van der Waals surface area contributed by atoms with Crippen molar-refractivity contribution >= 4 is 35.1 Å². The van der Waals surface area contributed by atoms with Crippen molar-refractivity contribution < 1.29 is 29.0 Å². The van der Waals surface area contributed by atoms with E-state index in [1.807, 2.05) is 6.08 Å². The Labute approximate surface area is 225 Å². The summed E-state index contributed by atoms with van der Waals surface area (Å²) in [6, 6.07) is 11.8. The van der Waals surface area contributed by atoms with Gasteiger partial charge in [0.15, 0.2) is 11.6 Å². The largest absolute Gasteiger partial charge is 0.508 e. The maximum absolute atomic E-state index is 13.9. The molecule has 0 spiro atoms. The van der Waals surface area contributed by atoms with E-state index in [1.54, 1.807) is 49.4 Å². The van der Waals surface area contributed by atoms with Gasteiger partial charge in [0.05, 0.1) is 24.6 Å². The van der Waals surface area contributed by atoms with E-state index in [0.29, 0.717) is 40.1 Å². The number of nitrogens with zero attached hydrogens (tertiary/aromatic N) is 1. The van der Waals surface area contributed by atoms with Crippen LogP contribution in [0.3, 0.4) is 0 Å². The summed E-state index contributed by atoms with van der Waals surface area (Å²) in [6.07, 6.45) is 5.47. The standard InChI is InChI=1S/C32H27NO6/c1-4-17-5-7-18(8-6-17)33-31(37)21-11-10-20-22(28(21)32(33)38)15-24-29(26(35)13-16(2)30(24)36)27(20)23-14-19(39-3)9-12-25(23)34/h4-10,12-14,21-22,27-28,34H,1,11,15H2,2-3H3. The number of methoxy groups -OCH3 is 1. The molecule has 4 atom stereocenters. The van der Waals surface area contributed by atoms with E-state index in [9.17, 15) is 24.3 Å². The van der Waals surface area contributed by atoms with Crippen LogP contribution in [-0.2, 0) is 19.2 Å². The van der Waals surface area contributed by atoms with Crippen LogP contribution in [0.2, 0.25) is 0 Å². The summed E-state index contributed by atoms with van der Waals surface area (Å²) in [5, 5.41) is 10.9. The predicted octanol–water partition coefficient (Wildman–Crippen LogP) is 4.68. The molecule has 2 aromatic carbocycles. The van der Waals surface area contributed by atoms with Gasteiger partial charge in [-0.05, 0) is 67.7 Å². The van der Waals surface area contributed by atoms with E-state index in [1.165, 1.54) is 24.2 Å². The zero-order chi connectivity index (χ0) is 27.6. The number of fused-ring (bicyclic) bond motifs is 3. The molecule has 3 aliphatic carbocycles. The number of anilines is 1. The van der Waals surface area contributed by atoms with Crippen molar-refractivity contribution in [3.8, 4) is 11.5 Å². The molecule has 0 aromatic heterocycles. The Morgan fingerprint density at radius 2 is 1.77 bits per heavy atom. The summed E-state index contributed by atoms with van der Waals surface area (Å²) < 4.78 is 5.40. The quantitative estimate of drug-likeness (QED) is 0.356. The molecule has 1 fully saturated rings. The summed E-state index contributed by atoms with van der Waals surface area (Å²) in [7, 11) is 1.51. The molecule has 2 amide bonds. The number of carbonyl (C=O) groups excluding carboxylic acids is 4. The number of phenols is 1. The minimum absolute atomic E-state index is 0.0411. The molecule has 1 N–H and O–H groups in total. The Balaban J connectivity index is 1.49. The monoisotopic (exact) mass is 521 g/mol. The van der Waals surface area contributed by atoms with Crippen LogP contribution >= 0.6 is 0 Å². The van der Waals surface area contributed by atoms with Gasteiger partial charge in [-0.3, -0.25) is 24.1 Å². The molecule has 39 heavy (non-hydrogen) atoms. The average Bonchev–Trinajstić information content (AvgIpc) is 3.20. The summed E-state index contributed by atoms with van der Waals surface area (Å²) in [4.78, 5) is 55.5. The third-order valence-corrected chi connectivity index (χ3v) is 8.49. The van der Waals surface area contributed by atoms with E-state index < -0.39 is 23.7 Å². The van der Waals surface area contributed by atoms with Gasteiger partial charge in [-0.2, -0.15) is 0 Å². The van der Waals surface area contributed by atoms with E-state index in [4.69, 9.17) is 4.74 Å². The lowest BCUT2D eigenvalue weighted by Gasteiger charge is -2.42. The number of allylic oxidation sites excluding steroid dienone is 6. The zero-order valence-corrected chi connectivity index (χ0v) is 21.6. The van der Waals surface area contributed by atoms with Crippen LogP contribution in [0.15, 0.2) is 83.5 Å². The minimum atomic E-state index is -0.737. The van der Waals surface area contributed by atoms with Crippen molar-refractivity contribution in [3.63, 3.8) is 0 Å². The molecule has 4 aliphatic rings. The van der Waals surface area contributed by atoms with Crippen molar-refractivity contribution in [2.24, 2.45) is 17.8 Å². The van der Waals surface area contributed by atoms with E-state index in [-0.39, 0.29) is 35.6 Å². The molecule has 0 bridgehead atoms. The second-order valence-electron chi connectivity index (χ2n) is 10.5. The van der Waals surface area contributed by atoms with E-state index in [0.717, 1.165) is 11.1 Å². The van der Waals surface area contributed by atoms with Crippen LogP contribution in [0.1, 0.15) is 36.8 Å². The maximum Gasteiger partial charge on any atom is 0.238 e. The Morgan fingerprint density at radius 3 is 2.46 bits per heavy atom.